The fourth-order valence-corrected chi connectivity index (χ4v) is 3.15. The number of allylic oxidation sites excluding steroid dienone is 1. The summed E-state index contributed by atoms with van der Waals surface area (Å²) in [6.45, 7) is -2.94. The van der Waals surface area contributed by atoms with Crippen LogP contribution in [-0.2, 0) is 0 Å². The molecule has 0 fully saturated rings. The molecule has 1 heterocycles. The molecule has 0 atom stereocenters. The molecule has 0 unspecified atom stereocenters. The van der Waals surface area contributed by atoms with E-state index in [1.807, 2.05) is 17.5 Å². The molecule has 3 rings (SSSR count). The first-order chi connectivity index (χ1) is 13.1. The number of alkyl halides is 2. The molecule has 0 spiro atoms. The summed E-state index contributed by atoms with van der Waals surface area (Å²) < 4.78 is 29.4. The maximum Gasteiger partial charge on any atom is 0.387 e. The van der Waals surface area contributed by atoms with Crippen LogP contribution >= 0.6 is 22.9 Å². The zero-order valence-electron chi connectivity index (χ0n) is 13.7. The summed E-state index contributed by atoms with van der Waals surface area (Å²) in [6.07, 6.45) is 1.41. The Bertz CT molecular complexity index is 997. The van der Waals surface area contributed by atoms with Crippen molar-refractivity contribution in [3.63, 3.8) is 0 Å². The molecule has 0 amide bonds. The summed E-state index contributed by atoms with van der Waals surface area (Å²) in [7, 11) is 0. The van der Waals surface area contributed by atoms with Crippen molar-refractivity contribution in [1.29, 1.82) is 5.26 Å². The first-order valence-corrected chi connectivity index (χ1v) is 8.95. The van der Waals surface area contributed by atoms with Crippen molar-refractivity contribution in [3.8, 4) is 23.1 Å². The summed E-state index contributed by atoms with van der Waals surface area (Å²) >= 11 is 7.19. The minimum Gasteiger partial charge on any atom is -0.433 e. The van der Waals surface area contributed by atoms with Crippen molar-refractivity contribution in [2.24, 2.45) is 0 Å². The van der Waals surface area contributed by atoms with Crippen LogP contribution in [0.4, 0.5) is 14.5 Å². The van der Waals surface area contributed by atoms with Gasteiger partial charge in [-0.3, -0.25) is 0 Å². The molecule has 0 radical (unpaired) electrons. The highest BCUT2D eigenvalue weighted by Crippen LogP contribution is 2.29. The molecule has 0 saturated carbocycles. The second-order valence-corrected chi connectivity index (χ2v) is 6.53. The maximum atomic E-state index is 12.5. The quantitative estimate of drug-likeness (QED) is 0.509. The van der Waals surface area contributed by atoms with Crippen molar-refractivity contribution in [1.82, 2.24) is 4.98 Å². The third-order valence-electron chi connectivity index (χ3n) is 3.47. The van der Waals surface area contributed by atoms with Crippen molar-refractivity contribution in [3.05, 3.63) is 70.1 Å². The van der Waals surface area contributed by atoms with E-state index >= 15 is 0 Å². The number of aromatic nitrogens is 1. The van der Waals surface area contributed by atoms with Crippen molar-refractivity contribution >= 4 is 34.2 Å². The Hall–Kier alpha value is -2.95. The van der Waals surface area contributed by atoms with Crippen molar-refractivity contribution in [2.45, 2.75) is 6.61 Å². The van der Waals surface area contributed by atoms with Crippen molar-refractivity contribution in [2.75, 3.05) is 5.32 Å². The normalized spacial score (nSPS) is 11.3. The smallest absolute Gasteiger partial charge is 0.387 e. The largest absolute Gasteiger partial charge is 0.433 e. The van der Waals surface area contributed by atoms with Gasteiger partial charge in [-0.1, -0.05) is 35.9 Å². The van der Waals surface area contributed by atoms with Crippen LogP contribution in [0, 0.1) is 11.3 Å². The van der Waals surface area contributed by atoms with E-state index in [9.17, 15) is 14.0 Å². The molecule has 3 aromatic rings. The Kier molecular flexibility index (Phi) is 6.01. The van der Waals surface area contributed by atoms with E-state index in [1.165, 1.54) is 23.6 Å². The van der Waals surface area contributed by atoms with Gasteiger partial charge in [-0.15, -0.1) is 11.3 Å². The zero-order valence-corrected chi connectivity index (χ0v) is 15.3. The second kappa shape index (κ2) is 8.62. The van der Waals surface area contributed by atoms with Crippen LogP contribution in [0.1, 0.15) is 5.01 Å². The molecule has 2 aromatic carbocycles. The number of para-hydroxylation sites is 2. The summed E-state index contributed by atoms with van der Waals surface area (Å²) in [6, 6.07) is 15.5. The van der Waals surface area contributed by atoms with E-state index in [0.29, 0.717) is 21.4 Å². The lowest BCUT2D eigenvalue weighted by atomic mass is 10.2. The van der Waals surface area contributed by atoms with E-state index in [2.05, 4.69) is 21.1 Å². The average molecular weight is 404 g/mol. The molecule has 0 bridgehead atoms. The highest BCUT2D eigenvalue weighted by molar-refractivity contribution is 7.11. The molecule has 4 nitrogen and oxygen atoms in total. The number of nitrogens with one attached hydrogen (secondary N) is 1. The fourth-order valence-electron chi connectivity index (χ4n) is 2.23. The molecule has 0 aliphatic rings. The summed E-state index contributed by atoms with van der Waals surface area (Å²) in [5, 5.41) is 15.2. The summed E-state index contributed by atoms with van der Waals surface area (Å²) in [5.74, 6) is -0.0120. The Morgan fingerprint density at radius 3 is 2.67 bits per heavy atom. The van der Waals surface area contributed by atoms with Crippen molar-refractivity contribution < 1.29 is 13.5 Å². The van der Waals surface area contributed by atoms with Gasteiger partial charge in [0.05, 0.1) is 11.4 Å². The SMILES string of the molecule is N#C/C(=C/Nc1ccccc1OC(F)F)c1nc(-c2ccc(Cl)cc2)cs1. The van der Waals surface area contributed by atoms with Crippen LogP contribution < -0.4 is 10.1 Å². The highest BCUT2D eigenvalue weighted by Gasteiger charge is 2.11. The van der Waals surface area contributed by atoms with Crippen LogP contribution in [0.3, 0.4) is 0 Å². The third kappa shape index (κ3) is 4.82. The minimum atomic E-state index is -2.94. The van der Waals surface area contributed by atoms with E-state index in [0.717, 1.165) is 5.56 Å². The van der Waals surface area contributed by atoms with Crippen LogP contribution in [0.5, 0.6) is 5.75 Å². The number of hydrogen-bond donors (Lipinski definition) is 1. The number of nitriles is 1. The lowest BCUT2D eigenvalue weighted by molar-refractivity contribution is -0.0493. The molecule has 8 heteroatoms. The first-order valence-electron chi connectivity index (χ1n) is 7.69. The van der Waals surface area contributed by atoms with Gasteiger partial charge in [0.25, 0.3) is 0 Å². The number of benzene rings is 2. The molecular weight excluding hydrogens is 392 g/mol. The number of thiazole rings is 1. The zero-order chi connectivity index (χ0) is 19.2. The maximum absolute atomic E-state index is 12.5. The Morgan fingerprint density at radius 2 is 1.96 bits per heavy atom. The van der Waals surface area contributed by atoms with Crippen LogP contribution in [0.15, 0.2) is 60.1 Å². The number of anilines is 1. The van der Waals surface area contributed by atoms with Gasteiger partial charge >= 0.3 is 6.61 Å². The number of nitrogens with zero attached hydrogens (tertiary/aromatic N) is 2. The number of rotatable bonds is 6. The Labute approximate surface area is 163 Å². The van der Waals surface area contributed by atoms with Gasteiger partial charge in [-0.25, -0.2) is 4.98 Å². The lowest BCUT2D eigenvalue weighted by Gasteiger charge is -2.10. The van der Waals surface area contributed by atoms with E-state index in [4.69, 9.17) is 11.6 Å². The molecular formula is C19H12ClF2N3OS. The number of halogens is 3. The van der Waals surface area contributed by atoms with E-state index in [-0.39, 0.29) is 11.3 Å². The van der Waals surface area contributed by atoms with Gasteiger partial charge in [0.2, 0.25) is 0 Å². The Balaban J connectivity index is 1.82. The highest BCUT2D eigenvalue weighted by atomic mass is 35.5. The number of hydrogen-bond acceptors (Lipinski definition) is 5. The fraction of sp³-hybridized carbons (Fsp3) is 0.0526. The topological polar surface area (TPSA) is 57.9 Å². The van der Waals surface area contributed by atoms with Gasteiger partial charge in [0.1, 0.15) is 22.4 Å². The monoisotopic (exact) mass is 403 g/mol. The molecule has 0 saturated heterocycles. The van der Waals surface area contributed by atoms with Gasteiger partial charge in [-0.2, -0.15) is 14.0 Å². The summed E-state index contributed by atoms with van der Waals surface area (Å²) in [4.78, 5) is 4.46. The standard InChI is InChI=1S/C19H12ClF2N3OS/c20-14-7-5-12(6-8-14)16-11-27-18(25-16)13(9-23)10-24-15-3-1-2-4-17(15)26-19(21)22/h1-8,10-11,19,24H/b13-10-. The molecule has 0 aliphatic carbocycles. The Morgan fingerprint density at radius 1 is 1.22 bits per heavy atom. The minimum absolute atomic E-state index is 0.0120. The molecule has 1 N–H and O–H groups in total. The van der Waals surface area contributed by atoms with E-state index in [1.54, 1.807) is 30.3 Å². The molecule has 1 aromatic heterocycles. The van der Waals surface area contributed by atoms with Gasteiger partial charge < -0.3 is 10.1 Å². The van der Waals surface area contributed by atoms with Gasteiger partial charge in [-0.05, 0) is 24.3 Å². The van der Waals surface area contributed by atoms with Gasteiger partial charge in [0.15, 0.2) is 0 Å². The number of ether oxygens (including phenoxy) is 1. The predicted octanol–water partition coefficient (Wildman–Crippen LogP) is 6.04. The van der Waals surface area contributed by atoms with Gasteiger partial charge in [0, 0.05) is 22.2 Å². The summed E-state index contributed by atoms with van der Waals surface area (Å²) in [5.41, 5.74) is 2.18. The first kappa shape index (κ1) is 18.8. The van der Waals surface area contributed by atoms with E-state index < -0.39 is 6.61 Å². The molecule has 0 aliphatic heterocycles. The van der Waals surface area contributed by atoms with Crippen LogP contribution in [0.25, 0.3) is 16.8 Å². The lowest BCUT2D eigenvalue weighted by Crippen LogP contribution is -2.04. The molecule has 136 valence electrons. The second-order valence-electron chi connectivity index (χ2n) is 5.23. The van der Waals surface area contributed by atoms with Crippen LogP contribution in [0.2, 0.25) is 5.02 Å². The van der Waals surface area contributed by atoms with Crippen LogP contribution in [-0.4, -0.2) is 11.6 Å². The third-order valence-corrected chi connectivity index (χ3v) is 4.60. The molecule has 27 heavy (non-hydrogen) atoms. The average Bonchev–Trinajstić information content (AvgIpc) is 3.13. The predicted molar refractivity (Wildman–Crippen MR) is 103 cm³/mol.